The lowest BCUT2D eigenvalue weighted by Crippen LogP contribution is -2.29. The third-order valence-electron chi connectivity index (χ3n) is 5.23. The molecule has 2 heterocycles. The number of carbonyl (C=O) groups is 2. The Hall–Kier alpha value is -3.32. The Bertz CT molecular complexity index is 1130. The van der Waals surface area contributed by atoms with E-state index in [0.717, 1.165) is 10.9 Å². The van der Waals surface area contributed by atoms with Crippen molar-refractivity contribution in [2.75, 3.05) is 6.61 Å². The maximum absolute atomic E-state index is 13.0. The average Bonchev–Trinajstić information content (AvgIpc) is 3.40. The third-order valence-corrected chi connectivity index (χ3v) is 5.76. The standard InChI is InChI=1S/C25H22BrNO5/c1-2-13-31-19-11-7-16(8-12-19)22-21(23(28)17-5-9-18(26)10-6-17)24(29)25(30)27(22)15-20-4-3-14-32-20/h3-12,14,22,28H,2,13,15H2,1H3. The van der Waals surface area contributed by atoms with Crippen LogP contribution in [0.1, 0.15) is 36.3 Å². The third kappa shape index (κ3) is 4.34. The van der Waals surface area contributed by atoms with Crippen molar-refractivity contribution in [2.45, 2.75) is 25.9 Å². The normalized spacial score (nSPS) is 17.7. The molecule has 6 nitrogen and oxygen atoms in total. The molecule has 0 aliphatic carbocycles. The minimum Gasteiger partial charge on any atom is -0.507 e. The van der Waals surface area contributed by atoms with Gasteiger partial charge in [0.15, 0.2) is 0 Å². The van der Waals surface area contributed by atoms with Crippen LogP contribution in [0.15, 0.2) is 81.4 Å². The molecule has 1 aliphatic rings. The second kappa shape index (κ2) is 9.44. The summed E-state index contributed by atoms with van der Waals surface area (Å²) in [6.07, 6.45) is 2.40. The summed E-state index contributed by atoms with van der Waals surface area (Å²) in [7, 11) is 0. The van der Waals surface area contributed by atoms with E-state index in [1.807, 2.05) is 19.1 Å². The van der Waals surface area contributed by atoms with Crippen LogP contribution < -0.4 is 4.74 Å². The van der Waals surface area contributed by atoms with E-state index in [1.54, 1.807) is 48.5 Å². The summed E-state index contributed by atoms with van der Waals surface area (Å²) >= 11 is 3.37. The quantitative estimate of drug-likeness (QED) is 0.267. The highest BCUT2D eigenvalue weighted by Crippen LogP contribution is 2.40. The zero-order valence-corrected chi connectivity index (χ0v) is 19.0. The zero-order chi connectivity index (χ0) is 22.7. The second-order valence-corrected chi connectivity index (χ2v) is 8.35. The summed E-state index contributed by atoms with van der Waals surface area (Å²) in [5.74, 6) is -0.381. The number of ketones is 1. The maximum atomic E-state index is 13.0. The molecule has 3 aromatic rings. The van der Waals surface area contributed by atoms with Crippen molar-refractivity contribution in [2.24, 2.45) is 0 Å². The van der Waals surface area contributed by atoms with Gasteiger partial charge in [-0.1, -0.05) is 47.1 Å². The van der Waals surface area contributed by atoms with Crippen LogP contribution in [0.3, 0.4) is 0 Å². The van der Waals surface area contributed by atoms with E-state index in [-0.39, 0.29) is 17.9 Å². The lowest BCUT2D eigenvalue weighted by Gasteiger charge is -2.24. The number of aliphatic hydroxyl groups excluding tert-OH is 1. The highest BCUT2D eigenvalue weighted by molar-refractivity contribution is 9.10. The fourth-order valence-corrected chi connectivity index (χ4v) is 3.95. The molecule has 1 fully saturated rings. The van der Waals surface area contributed by atoms with E-state index >= 15 is 0 Å². The van der Waals surface area contributed by atoms with Gasteiger partial charge in [-0.2, -0.15) is 0 Å². The monoisotopic (exact) mass is 495 g/mol. The maximum Gasteiger partial charge on any atom is 0.296 e. The Morgan fingerprint density at radius 2 is 1.81 bits per heavy atom. The van der Waals surface area contributed by atoms with Crippen LogP contribution >= 0.6 is 15.9 Å². The first kappa shape index (κ1) is 21.9. The fourth-order valence-electron chi connectivity index (χ4n) is 3.69. The second-order valence-electron chi connectivity index (χ2n) is 7.43. The van der Waals surface area contributed by atoms with Crippen LogP contribution in [-0.2, 0) is 16.1 Å². The van der Waals surface area contributed by atoms with E-state index in [2.05, 4.69) is 15.9 Å². The summed E-state index contributed by atoms with van der Waals surface area (Å²) < 4.78 is 11.9. The first-order chi connectivity index (χ1) is 15.5. The van der Waals surface area contributed by atoms with Gasteiger partial charge in [-0.3, -0.25) is 9.59 Å². The van der Waals surface area contributed by atoms with Gasteiger partial charge in [-0.15, -0.1) is 0 Å². The highest BCUT2D eigenvalue weighted by Gasteiger charge is 2.46. The van der Waals surface area contributed by atoms with E-state index in [0.29, 0.717) is 29.2 Å². The number of hydrogen-bond acceptors (Lipinski definition) is 5. The number of benzene rings is 2. The number of Topliss-reactive ketones (excluding diaryl/α,β-unsaturated/α-hetero) is 1. The van der Waals surface area contributed by atoms with E-state index in [9.17, 15) is 14.7 Å². The smallest absolute Gasteiger partial charge is 0.296 e. The predicted molar refractivity (Wildman–Crippen MR) is 123 cm³/mol. The lowest BCUT2D eigenvalue weighted by atomic mass is 9.95. The lowest BCUT2D eigenvalue weighted by molar-refractivity contribution is -0.140. The molecule has 1 amide bonds. The SMILES string of the molecule is CCCOc1ccc(C2C(=C(O)c3ccc(Br)cc3)C(=O)C(=O)N2Cc2ccco2)cc1. The largest absolute Gasteiger partial charge is 0.507 e. The van der Waals surface area contributed by atoms with Crippen molar-refractivity contribution in [1.29, 1.82) is 0 Å². The molecule has 2 aromatic carbocycles. The number of carbonyl (C=O) groups excluding carboxylic acids is 2. The summed E-state index contributed by atoms with van der Waals surface area (Å²) in [5.41, 5.74) is 1.20. The Labute approximate surface area is 194 Å². The molecule has 1 N–H and O–H groups in total. The molecular weight excluding hydrogens is 474 g/mol. The topological polar surface area (TPSA) is 80.0 Å². The number of hydrogen-bond donors (Lipinski definition) is 1. The molecule has 0 radical (unpaired) electrons. The Morgan fingerprint density at radius 1 is 1.09 bits per heavy atom. The van der Waals surface area contributed by atoms with Crippen LogP contribution in [0.25, 0.3) is 5.76 Å². The molecule has 1 saturated heterocycles. The van der Waals surface area contributed by atoms with Gasteiger partial charge in [0.2, 0.25) is 0 Å². The van der Waals surface area contributed by atoms with Crippen molar-refractivity contribution in [1.82, 2.24) is 4.90 Å². The number of furan rings is 1. The molecule has 1 aliphatic heterocycles. The van der Waals surface area contributed by atoms with Gasteiger partial charge in [0.25, 0.3) is 11.7 Å². The van der Waals surface area contributed by atoms with Gasteiger partial charge in [0.1, 0.15) is 17.3 Å². The molecule has 4 rings (SSSR count). The van der Waals surface area contributed by atoms with Crippen LogP contribution in [0.4, 0.5) is 0 Å². The Morgan fingerprint density at radius 3 is 2.44 bits per heavy atom. The summed E-state index contributed by atoms with van der Waals surface area (Å²) in [6, 6.07) is 16.9. The molecule has 7 heteroatoms. The number of aliphatic hydroxyl groups is 1. The predicted octanol–water partition coefficient (Wildman–Crippen LogP) is 5.45. The van der Waals surface area contributed by atoms with Crippen molar-refractivity contribution in [3.05, 3.63) is 93.9 Å². The number of likely N-dealkylation sites (tertiary alicyclic amines) is 1. The molecule has 1 atom stereocenters. The molecule has 0 bridgehead atoms. The number of nitrogens with zero attached hydrogens (tertiary/aromatic N) is 1. The first-order valence-electron chi connectivity index (χ1n) is 10.3. The number of rotatable bonds is 7. The molecule has 0 saturated carbocycles. The summed E-state index contributed by atoms with van der Waals surface area (Å²) in [4.78, 5) is 27.4. The van der Waals surface area contributed by atoms with Gasteiger partial charge < -0.3 is 19.2 Å². The van der Waals surface area contributed by atoms with Crippen molar-refractivity contribution in [3.63, 3.8) is 0 Å². The van der Waals surface area contributed by atoms with Gasteiger partial charge in [0.05, 0.1) is 31.0 Å². The molecule has 164 valence electrons. The Balaban J connectivity index is 1.79. The molecular formula is C25H22BrNO5. The Kier molecular flexibility index (Phi) is 6.46. The average molecular weight is 496 g/mol. The summed E-state index contributed by atoms with van der Waals surface area (Å²) in [5, 5.41) is 11.1. The minimum absolute atomic E-state index is 0.0473. The summed E-state index contributed by atoms with van der Waals surface area (Å²) in [6.45, 7) is 2.73. The van der Waals surface area contributed by atoms with Crippen molar-refractivity contribution >= 4 is 33.4 Å². The molecule has 0 spiro atoms. The van der Waals surface area contributed by atoms with E-state index < -0.39 is 17.7 Å². The van der Waals surface area contributed by atoms with Crippen molar-refractivity contribution < 1.29 is 23.8 Å². The number of halogens is 1. The van der Waals surface area contributed by atoms with Gasteiger partial charge in [-0.25, -0.2) is 0 Å². The number of amides is 1. The highest BCUT2D eigenvalue weighted by atomic mass is 79.9. The van der Waals surface area contributed by atoms with Gasteiger partial charge in [0, 0.05) is 10.0 Å². The molecule has 1 unspecified atom stereocenters. The van der Waals surface area contributed by atoms with E-state index in [4.69, 9.17) is 9.15 Å². The van der Waals surface area contributed by atoms with Gasteiger partial charge in [-0.05, 0) is 48.4 Å². The first-order valence-corrected chi connectivity index (χ1v) is 11.1. The van der Waals surface area contributed by atoms with Gasteiger partial charge >= 0.3 is 0 Å². The van der Waals surface area contributed by atoms with Crippen LogP contribution in [0, 0.1) is 0 Å². The van der Waals surface area contributed by atoms with Crippen molar-refractivity contribution in [3.8, 4) is 5.75 Å². The van der Waals surface area contributed by atoms with Crippen LogP contribution in [0.5, 0.6) is 5.75 Å². The molecule has 1 aromatic heterocycles. The minimum atomic E-state index is -0.760. The fraction of sp³-hybridized carbons (Fsp3) is 0.200. The van der Waals surface area contributed by atoms with Crippen LogP contribution in [-0.4, -0.2) is 28.3 Å². The number of ether oxygens (including phenoxy) is 1. The van der Waals surface area contributed by atoms with E-state index in [1.165, 1.54) is 11.2 Å². The zero-order valence-electron chi connectivity index (χ0n) is 17.5. The van der Waals surface area contributed by atoms with Crippen LogP contribution in [0.2, 0.25) is 0 Å². The molecule has 32 heavy (non-hydrogen) atoms.